The van der Waals surface area contributed by atoms with Crippen molar-refractivity contribution < 1.29 is 9.21 Å². The Morgan fingerprint density at radius 3 is 2.79 bits per heavy atom. The fourth-order valence-corrected chi connectivity index (χ4v) is 5.16. The second kappa shape index (κ2) is 7.94. The Hall–Kier alpha value is -2.15. The van der Waals surface area contributed by atoms with E-state index in [1.165, 1.54) is 0 Å². The number of nitrogens with one attached hydrogen (secondary N) is 1. The molecule has 29 heavy (non-hydrogen) atoms. The fraction of sp³-hybridized carbons (Fsp3) is 0.364. The Morgan fingerprint density at radius 2 is 2.03 bits per heavy atom. The van der Waals surface area contributed by atoms with Crippen LogP contribution in [-0.2, 0) is 6.54 Å². The minimum atomic E-state index is -0.556. The number of carbonyl (C=O) groups excluding carboxylic acids is 1. The third kappa shape index (κ3) is 3.72. The summed E-state index contributed by atoms with van der Waals surface area (Å²) in [4.78, 5) is 28.0. The molecule has 2 fully saturated rings. The number of halogens is 1. The van der Waals surface area contributed by atoms with Crippen LogP contribution < -0.4 is 10.9 Å². The van der Waals surface area contributed by atoms with E-state index in [9.17, 15) is 9.59 Å². The van der Waals surface area contributed by atoms with Crippen LogP contribution in [0.3, 0.4) is 0 Å². The molecule has 5 nitrogen and oxygen atoms in total. The third-order valence-electron chi connectivity index (χ3n) is 6.19. The van der Waals surface area contributed by atoms with Crippen molar-refractivity contribution in [1.29, 1.82) is 0 Å². The Balaban J connectivity index is 0.00000205. The predicted octanol–water partition coefficient (Wildman–Crippen LogP) is 4.06. The van der Waals surface area contributed by atoms with E-state index in [0.717, 1.165) is 43.3 Å². The summed E-state index contributed by atoms with van der Waals surface area (Å²) in [6.07, 6.45) is 3.18. The van der Waals surface area contributed by atoms with Gasteiger partial charge in [-0.25, -0.2) is 4.79 Å². The molecule has 3 heterocycles. The summed E-state index contributed by atoms with van der Waals surface area (Å²) in [6, 6.07) is 11.2. The van der Waals surface area contributed by atoms with Gasteiger partial charge in [0.1, 0.15) is 11.1 Å². The fourth-order valence-electron chi connectivity index (χ4n) is 4.50. The van der Waals surface area contributed by atoms with Gasteiger partial charge in [0, 0.05) is 18.0 Å². The quantitative estimate of drug-likeness (QED) is 0.634. The summed E-state index contributed by atoms with van der Waals surface area (Å²) in [5.74, 6) is -0.217. The highest BCUT2D eigenvalue weighted by Crippen LogP contribution is 2.56. The van der Waals surface area contributed by atoms with E-state index in [1.54, 1.807) is 23.5 Å². The molecule has 0 bridgehead atoms. The molecule has 1 spiro atoms. The smallest absolute Gasteiger partial charge is 0.349 e. The van der Waals surface area contributed by atoms with Crippen LogP contribution in [0.5, 0.6) is 0 Å². The molecule has 1 unspecified atom stereocenters. The molecule has 0 radical (unpaired) electrons. The minimum absolute atomic E-state index is 0. The highest BCUT2D eigenvalue weighted by molar-refractivity contribution is 7.07. The van der Waals surface area contributed by atoms with Crippen molar-refractivity contribution in [2.24, 2.45) is 5.41 Å². The van der Waals surface area contributed by atoms with Crippen molar-refractivity contribution >= 4 is 40.6 Å². The summed E-state index contributed by atoms with van der Waals surface area (Å²) in [6.45, 7) is 2.53. The molecule has 2 aromatic heterocycles. The molecular formula is C22H23ClN2O3S. The Bertz CT molecular complexity index is 1070. The summed E-state index contributed by atoms with van der Waals surface area (Å²) < 4.78 is 5.43. The van der Waals surface area contributed by atoms with Crippen LogP contribution in [0.4, 0.5) is 0 Å². The van der Waals surface area contributed by atoms with Crippen LogP contribution in [0, 0.1) is 5.41 Å². The molecule has 1 atom stereocenters. The number of hydrogen-bond donors (Lipinski definition) is 1. The van der Waals surface area contributed by atoms with E-state index in [-0.39, 0.29) is 35.3 Å². The molecule has 7 heteroatoms. The van der Waals surface area contributed by atoms with Crippen LogP contribution in [0.2, 0.25) is 0 Å². The number of carbonyl (C=O) groups is 1. The summed E-state index contributed by atoms with van der Waals surface area (Å²) in [5, 5.41) is 8.27. The Labute approximate surface area is 179 Å². The minimum Gasteiger partial charge on any atom is -0.422 e. The molecule has 1 aliphatic carbocycles. The van der Waals surface area contributed by atoms with Gasteiger partial charge < -0.3 is 14.6 Å². The Morgan fingerprint density at radius 1 is 1.24 bits per heavy atom. The largest absolute Gasteiger partial charge is 0.422 e. The lowest BCUT2D eigenvalue weighted by Gasteiger charge is -2.29. The number of rotatable bonds is 4. The van der Waals surface area contributed by atoms with Gasteiger partial charge in [0.2, 0.25) is 0 Å². The van der Waals surface area contributed by atoms with E-state index < -0.39 is 5.63 Å². The second-order valence-electron chi connectivity index (χ2n) is 7.88. The molecule has 5 rings (SSSR count). The molecule has 1 N–H and O–H groups in total. The average Bonchev–Trinajstić information content (AvgIpc) is 3.14. The SMILES string of the molecule is Cl.O=C(c1cc2ccccc2oc1=O)N(Cc1ccsc1)C1CC12CCNCC2. The van der Waals surface area contributed by atoms with Gasteiger partial charge in [-0.3, -0.25) is 4.79 Å². The van der Waals surface area contributed by atoms with Crippen molar-refractivity contribution in [2.45, 2.75) is 31.8 Å². The normalized spacial score (nSPS) is 19.7. The van der Waals surface area contributed by atoms with Crippen LogP contribution in [0.25, 0.3) is 11.0 Å². The van der Waals surface area contributed by atoms with E-state index in [4.69, 9.17) is 4.42 Å². The monoisotopic (exact) mass is 430 g/mol. The lowest BCUT2D eigenvalue weighted by atomic mass is 9.93. The molecule has 3 aromatic rings. The van der Waals surface area contributed by atoms with Gasteiger partial charge in [0.15, 0.2) is 0 Å². The highest BCUT2D eigenvalue weighted by atomic mass is 35.5. The van der Waals surface area contributed by atoms with E-state index in [1.807, 2.05) is 34.5 Å². The third-order valence-corrected chi connectivity index (χ3v) is 6.92. The molecule has 1 aliphatic heterocycles. The average molecular weight is 431 g/mol. The van der Waals surface area contributed by atoms with Gasteiger partial charge in [0.05, 0.1) is 0 Å². The van der Waals surface area contributed by atoms with Crippen LogP contribution >= 0.6 is 23.7 Å². The number of nitrogens with zero attached hydrogens (tertiary/aromatic N) is 1. The molecule has 2 aliphatic rings. The summed E-state index contributed by atoms with van der Waals surface area (Å²) in [5.41, 5.74) is 1.40. The molecular weight excluding hydrogens is 408 g/mol. The number of fused-ring (bicyclic) bond motifs is 1. The maximum absolute atomic E-state index is 13.5. The van der Waals surface area contributed by atoms with Crippen LogP contribution in [0.15, 0.2) is 56.4 Å². The zero-order chi connectivity index (χ0) is 19.1. The number of amides is 1. The summed E-state index contributed by atoms with van der Waals surface area (Å²) in [7, 11) is 0. The van der Waals surface area contributed by atoms with Gasteiger partial charge in [-0.1, -0.05) is 18.2 Å². The zero-order valence-electron chi connectivity index (χ0n) is 15.9. The topological polar surface area (TPSA) is 62.6 Å². The first-order chi connectivity index (χ1) is 13.7. The molecule has 152 valence electrons. The standard InChI is InChI=1S/C22H22N2O3S.ClH/c25-20(17-11-16-3-1-2-4-18(16)27-21(17)26)24(13-15-5-10-28-14-15)19-12-22(19)6-8-23-9-7-22;/h1-5,10-11,14,19,23H,6-9,12-13H2;1H. The second-order valence-corrected chi connectivity index (χ2v) is 8.66. The lowest BCUT2D eigenvalue weighted by molar-refractivity contribution is 0.0688. The Kier molecular flexibility index (Phi) is 5.51. The highest BCUT2D eigenvalue weighted by Gasteiger charge is 2.58. The maximum atomic E-state index is 13.5. The van der Waals surface area contributed by atoms with Crippen molar-refractivity contribution in [2.75, 3.05) is 13.1 Å². The van der Waals surface area contributed by atoms with Crippen molar-refractivity contribution in [3.8, 4) is 0 Å². The van der Waals surface area contributed by atoms with Crippen molar-refractivity contribution in [3.63, 3.8) is 0 Å². The maximum Gasteiger partial charge on any atom is 0.349 e. The lowest BCUT2D eigenvalue weighted by Crippen LogP contribution is -2.40. The molecule has 1 saturated carbocycles. The molecule has 1 amide bonds. The molecule has 1 saturated heterocycles. The van der Waals surface area contributed by atoms with Gasteiger partial charge in [-0.05, 0) is 72.3 Å². The van der Waals surface area contributed by atoms with Gasteiger partial charge in [-0.2, -0.15) is 11.3 Å². The predicted molar refractivity (Wildman–Crippen MR) is 117 cm³/mol. The van der Waals surface area contributed by atoms with E-state index >= 15 is 0 Å². The number of benzene rings is 1. The van der Waals surface area contributed by atoms with Gasteiger partial charge >= 0.3 is 5.63 Å². The molecule has 1 aromatic carbocycles. The van der Waals surface area contributed by atoms with Crippen molar-refractivity contribution in [1.82, 2.24) is 10.2 Å². The van der Waals surface area contributed by atoms with Gasteiger partial charge in [-0.15, -0.1) is 12.4 Å². The van der Waals surface area contributed by atoms with Crippen LogP contribution in [0.1, 0.15) is 35.2 Å². The summed E-state index contributed by atoms with van der Waals surface area (Å²) >= 11 is 1.63. The first-order valence-electron chi connectivity index (χ1n) is 9.72. The van der Waals surface area contributed by atoms with E-state index in [0.29, 0.717) is 12.1 Å². The number of para-hydroxylation sites is 1. The zero-order valence-corrected chi connectivity index (χ0v) is 17.6. The first-order valence-corrected chi connectivity index (χ1v) is 10.7. The van der Waals surface area contributed by atoms with E-state index in [2.05, 4.69) is 10.7 Å². The number of piperidine rings is 1. The first kappa shape index (κ1) is 20.1. The number of hydrogen-bond acceptors (Lipinski definition) is 5. The van der Waals surface area contributed by atoms with Gasteiger partial charge in [0.25, 0.3) is 5.91 Å². The van der Waals surface area contributed by atoms with Crippen LogP contribution in [-0.4, -0.2) is 29.9 Å². The van der Waals surface area contributed by atoms with Crippen molar-refractivity contribution in [3.05, 3.63) is 68.7 Å². The number of thiophene rings is 1.